The lowest BCUT2D eigenvalue weighted by molar-refractivity contribution is 0.579. The second kappa shape index (κ2) is 5.19. The molecule has 1 aliphatic heterocycles. The normalized spacial score (nSPS) is 25.1. The van der Waals surface area contributed by atoms with Gasteiger partial charge in [-0.15, -0.1) is 0 Å². The van der Waals surface area contributed by atoms with E-state index in [1.165, 1.54) is 23.2 Å². The predicted molar refractivity (Wildman–Crippen MR) is 84.6 cm³/mol. The summed E-state index contributed by atoms with van der Waals surface area (Å²) < 4.78 is 0. The number of aromatic amines is 1. The zero-order chi connectivity index (χ0) is 14.2. The van der Waals surface area contributed by atoms with Crippen LogP contribution in [0.2, 0.25) is 0 Å². The Labute approximate surface area is 125 Å². The molecule has 0 bridgehead atoms. The highest BCUT2D eigenvalue weighted by Crippen LogP contribution is 2.36. The zero-order valence-corrected chi connectivity index (χ0v) is 12.3. The molecule has 1 aromatic heterocycles. The maximum absolute atomic E-state index is 6.05. The number of nitrogens with two attached hydrogens (primary N) is 1. The van der Waals surface area contributed by atoms with Crippen molar-refractivity contribution in [3.05, 3.63) is 47.2 Å². The van der Waals surface area contributed by atoms with Crippen LogP contribution in [0.4, 0.5) is 5.82 Å². The van der Waals surface area contributed by atoms with Crippen molar-refractivity contribution in [1.82, 2.24) is 10.2 Å². The van der Waals surface area contributed by atoms with Gasteiger partial charge in [0, 0.05) is 30.4 Å². The van der Waals surface area contributed by atoms with Crippen LogP contribution in [0.15, 0.2) is 30.3 Å². The molecule has 3 N–H and O–H groups in total. The molecule has 1 saturated heterocycles. The Kier molecular flexibility index (Phi) is 3.19. The first kappa shape index (κ1) is 12.9. The zero-order valence-electron chi connectivity index (χ0n) is 12.3. The van der Waals surface area contributed by atoms with E-state index in [1.807, 2.05) is 0 Å². The van der Waals surface area contributed by atoms with E-state index in [2.05, 4.69) is 45.4 Å². The van der Waals surface area contributed by atoms with E-state index in [1.54, 1.807) is 0 Å². The van der Waals surface area contributed by atoms with Crippen LogP contribution < -0.4 is 10.6 Å². The van der Waals surface area contributed by atoms with Crippen molar-refractivity contribution in [3.63, 3.8) is 0 Å². The minimum Gasteiger partial charge on any atom is -0.353 e. The highest BCUT2D eigenvalue weighted by atomic mass is 15.3. The number of aryl methyl sites for hydroxylation is 1. The number of aromatic nitrogens is 2. The van der Waals surface area contributed by atoms with Gasteiger partial charge in [0.1, 0.15) is 0 Å². The number of benzene rings is 1. The fourth-order valence-corrected chi connectivity index (χ4v) is 3.73. The highest BCUT2D eigenvalue weighted by molar-refractivity contribution is 5.52. The van der Waals surface area contributed by atoms with E-state index in [0.717, 1.165) is 38.2 Å². The largest absolute Gasteiger partial charge is 0.353 e. The monoisotopic (exact) mass is 282 g/mol. The summed E-state index contributed by atoms with van der Waals surface area (Å²) in [5, 5.41) is 7.85. The molecule has 4 nitrogen and oxygen atoms in total. The van der Waals surface area contributed by atoms with Gasteiger partial charge in [0.2, 0.25) is 0 Å². The van der Waals surface area contributed by atoms with Gasteiger partial charge in [0.05, 0.1) is 0 Å². The number of anilines is 1. The lowest BCUT2D eigenvalue weighted by atomic mass is 9.82. The molecule has 2 heterocycles. The number of H-pyrrole nitrogens is 1. The summed E-state index contributed by atoms with van der Waals surface area (Å²) in [5.41, 5.74) is 10.2. The molecule has 0 radical (unpaired) electrons. The van der Waals surface area contributed by atoms with Gasteiger partial charge in [-0.25, -0.2) is 0 Å². The molecule has 2 aromatic rings. The van der Waals surface area contributed by atoms with Gasteiger partial charge in [0.25, 0.3) is 0 Å². The van der Waals surface area contributed by atoms with E-state index in [4.69, 9.17) is 5.73 Å². The fraction of sp³-hybridized carbons (Fsp3) is 0.471. The summed E-state index contributed by atoms with van der Waals surface area (Å²) in [4.78, 5) is 2.35. The Bertz CT molecular complexity index is 619. The molecule has 4 rings (SSSR count). The minimum absolute atomic E-state index is 0.297. The smallest absolute Gasteiger partial charge is 0.153 e. The first-order valence-corrected chi connectivity index (χ1v) is 7.93. The van der Waals surface area contributed by atoms with Crippen LogP contribution in [0.1, 0.15) is 35.6 Å². The molecule has 4 heteroatoms. The van der Waals surface area contributed by atoms with E-state index >= 15 is 0 Å². The molecule has 1 aromatic carbocycles. The van der Waals surface area contributed by atoms with Crippen LogP contribution in [-0.2, 0) is 12.8 Å². The van der Waals surface area contributed by atoms with Crippen LogP contribution in [0, 0.1) is 0 Å². The second-order valence-electron chi connectivity index (χ2n) is 6.35. The van der Waals surface area contributed by atoms with E-state index in [0.29, 0.717) is 12.0 Å². The molecule has 2 aliphatic rings. The molecular weight excluding hydrogens is 260 g/mol. The first-order valence-electron chi connectivity index (χ1n) is 7.93. The van der Waals surface area contributed by atoms with Crippen LogP contribution in [0.25, 0.3) is 0 Å². The second-order valence-corrected chi connectivity index (χ2v) is 6.35. The van der Waals surface area contributed by atoms with Crippen molar-refractivity contribution >= 4 is 5.82 Å². The summed E-state index contributed by atoms with van der Waals surface area (Å²) >= 11 is 0. The number of rotatable bonds is 2. The van der Waals surface area contributed by atoms with Gasteiger partial charge < -0.3 is 10.6 Å². The Hall–Kier alpha value is -1.81. The maximum atomic E-state index is 6.05. The van der Waals surface area contributed by atoms with Crippen LogP contribution >= 0.6 is 0 Å². The van der Waals surface area contributed by atoms with E-state index < -0.39 is 0 Å². The average Bonchev–Trinajstić information content (AvgIpc) is 3.13. The van der Waals surface area contributed by atoms with Crippen molar-refractivity contribution in [2.75, 3.05) is 18.0 Å². The molecule has 21 heavy (non-hydrogen) atoms. The third-order valence-electron chi connectivity index (χ3n) is 4.92. The van der Waals surface area contributed by atoms with Crippen molar-refractivity contribution in [2.45, 2.75) is 37.6 Å². The van der Waals surface area contributed by atoms with E-state index in [9.17, 15) is 0 Å². The molecule has 1 aliphatic carbocycles. The number of hydrogen-bond donors (Lipinski definition) is 2. The van der Waals surface area contributed by atoms with Crippen LogP contribution in [0.3, 0.4) is 0 Å². The highest BCUT2D eigenvalue weighted by Gasteiger charge is 2.29. The molecule has 0 spiro atoms. The molecular formula is C17H22N4. The standard InChI is InChI=1S/C17H22N4/c18-14-8-9-21(11-14)17-15-10-13(6-7-16(15)19-20-17)12-4-2-1-3-5-12/h1-5,13-14H,6-11,18H2,(H,19,20). The van der Waals surface area contributed by atoms with Crippen molar-refractivity contribution < 1.29 is 0 Å². The summed E-state index contributed by atoms with van der Waals surface area (Å²) in [5.74, 6) is 1.77. The number of fused-ring (bicyclic) bond motifs is 1. The lowest BCUT2D eigenvalue weighted by Gasteiger charge is -2.25. The van der Waals surface area contributed by atoms with Crippen molar-refractivity contribution in [3.8, 4) is 0 Å². The number of hydrogen-bond acceptors (Lipinski definition) is 3. The third kappa shape index (κ3) is 2.33. The van der Waals surface area contributed by atoms with Gasteiger partial charge in [-0.05, 0) is 37.2 Å². The Morgan fingerprint density at radius 1 is 1.19 bits per heavy atom. The molecule has 2 atom stereocenters. The third-order valence-corrected chi connectivity index (χ3v) is 4.92. The number of nitrogens with zero attached hydrogens (tertiary/aromatic N) is 2. The molecule has 0 amide bonds. The van der Waals surface area contributed by atoms with Gasteiger partial charge in [-0.2, -0.15) is 5.10 Å². The van der Waals surface area contributed by atoms with Crippen molar-refractivity contribution in [2.24, 2.45) is 5.73 Å². The summed E-state index contributed by atoms with van der Waals surface area (Å²) in [7, 11) is 0. The number of nitrogens with one attached hydrogen (secondary N) is 1. The first-order chi connectivity index (χ1) is 10.3. The van der Waals surface area contributed by atoms with Crippen LogP contribution in [0.5, 0.6) is 0 Å². The van der Waals surface area contributed by atoms with Gasteiger partial charge in [0.15, 0.2) is 5.82 Å². The van der Waals surface area contributed by atoms with Gasteiger partial charge >= 0.3 is 0 Å². The molecule has 2 unspecified atom stereocenters. The topological polar surface area (TPSA) is 57.9 Å². The lowest BCUT2D eigenvalue weighted by Crippen LogP contribution is -2.27. The van der Waals surface area contributed by atoms with Gasteiger partial charge in [-0.3, -0.25) is 5.10 Å². The minimum atomic E-state index is 0.297. The Balaban J connectivity index is 1.61. The predicted octanol–water partition coefficient (Wildman–Crippen LogP) is 2.22. The quantitative estimate of drug-likeness (QED) is 0.888. The Morgan fingerprint density at radius 2 is 2.05 bits per heavy atom. The van der Waals surface area contributed by atoms with Crippen molar-refractivity contribution in [1.29, 1.82) is 0 Å². The van der Waals surface area contributed by atoms with Gasteiger partial charge in [-0.1, -0.05) is 30.3 Å². The summed E-state index contributed by atoms with van der Waals surface area (Å²) in [6.07, 6.45) is 4.47. The molecule has 0 saturated carbocycles. The Morgan fingerprint density at radius 3 is 2.81 bits per heavy atom. The maximum Gasteiger partial charge on any atom is 0.153 e. The van der Waals surface area contributed by atoms with E-state index in [-0.39, 0.29) is 0 Å². The summed E-state index contributed by atoms with van der Waals surface area (Å²) in [6.45, 7) is 1.97. The van der Waals surface area contributed by atoms with Crippen LogP contribution in [-0.4, -0.2) is 29.3 Å². The SMILES string of the molecule is NC1CCN(c2n[nH]c3c2CC(c2ccccc2)CC3)C1. The summed E-state index contributed by atoms with van der Waals surface area (Å²) in [6, 6.07) is 11.2. The average molecular weight is 282 g/mol. The molecule has 1 fully saturated rings. The fourth-order valence-electron chi connectivity index (χ4n) is 3.73. The molecule has 110 valence electrons.